The summed E-state index contributed by atoms with van der Waals surface area (Å²) in [5, 5.41) is 11.3. The van der Waals surface area contributed by atoms with Crippen LogP contribution in [0, 0.1) is 13.8 Å². The van der Waals surface area contributed by atoms with Gasteiger partial charge in [0, 0.05) is 12.4 Å². The minimum atomic E-state index is -0.713. The molecule has 3 aromatic heterocycles. The van der Waals surface area contributed by atoms with E-state index in [-0.39, 0.29) is 5.76 Å². The molecule has 0 aliphatic rings. The second kappa shape index (κ2) is 8.70. The van der Waals surface area contributed by atoms with E-state index in [1.165, 1.54) is 6.07 Å². The minimum absolute atomic E-state index is 0.0271. The van der Waals surface area contributed by atoms with Gasteiger partial charge in [0.1, 0.15) is 5.76 Å². The van der Waals surface area contributed by atoms with E-state index in [4.69, 9.17) is 9.15 Å². The summed E-state index contributed by atoms with van der Waals surface area (Å²) < 4.78 is 14.0. The molecule has 1 N–H and O–H groups in total. The summed E-state index contributed by atoms with van der Waals surface area (Å²) in [5.74, 6) is -0.593. The monoisotopic (exact) mass is 419 g/mol. The number of amides is 1. The van der Waals surface area contributed by atoms with Crippen LogP contribution in [0.4, 0.5) is 5.69 Å². The van der Waals surface area contributed by atoms with Crippen LogP contribution < -0.4 is 5.32 Å². The summed E-state index contributed by atoms with van der Waals surface area (Å²) in [6.07, 6.45) is 3.44. The second-order valence-electron chi connectivity index (χ2n) is 6.89. The Bertz CT molecular complexity index is 1190. The van der Waals surface area contributed by atoms with Crippen LogP contribution in [0.15, 0.2) is 65.3 Å². The van der Waals surface area contributed by atoms with E-state index in [1.807, 2.05) is 37.3 Å². The maximum absolute atomic E-state index is 12.3. The summed E-state index contributed by atoms with van der Waals surface area (Å²) in [6.45, 7) is 3.62. The molecule has 0 saturated heterocycles. The Morgan fingerprint density at radius 2 is 1.90 bits per heavy atom. The lowest BCUT2D eigenvalue weighted by atomic mass is 10.3. The lowest BCUT2D eigenvalue weighted by Crippen LogP contribution is -2.21. The molecule has 9 heteroatoms. The number of carbonyl (C=O) groups is 2. The van der Waals surface area contributed by atoms with Crippen LogP contribution in [0.25, 0.3) is 5.69 Å². The zero-order valence-corrected chi connectivity index (χ0v) is 17.1. The molecule has 1 aromatic carbocycles. The fourth-order valence-corrected chi connectivity index (χ4v) is 3.15. The number of benzene rings is 1. The molecule has 0 fully saturated rings. The molecule has 0 saturated carbocycles. The fraction of sp³-hybridized carbons (Fsp3) is 0.182. The highest BCUT2D eigenvalue weighted by Crippen LogP contribution is 2.22. The van der Waals surface area contributed by atoms with Crippen molar-refractivity contribution in [3.05, 3.63) is 83.8 Å². The highest BCUT2D eigenvalue weighted by molar-refractivity contribution is 5.95. The quantitative estimate of drug-likeness (QED) is 0.462. The number of anilines is 1. The Morgan fingerprint density at radius 1 is 1.10 bits per heavy atom. The van der Waals surface area contributed by atoms with Gasteiger partial charge in [0.05, 0.1) is 29.3 Å². The average Bonchev–Trinajstić information content (AvgIpc) is 3.51. The van der Waals surface area contributed by atoms with Crippen LogP contribution in [0.5, 0.6) is 0 Å². The van der Waals surface area contributed by atoms with Gasteiger partial charge in [-0.2, -0.15) is 10.2 Å². The van der Waals surface area contributed by atoms with Crippen molar-refractivity contribution in [2.45, 2.75) is 20.4 Å². The molecule has 3 heterocycles. The van der Waals surface area contributed by atoms with E-state index in [2.05, 4.69) is 15.5 Å². The topological polar surface area (TPSA) is 104 Å². The number of para-hydroxylation sites is 1. The molecular weight excluding hydrogens is 398 g/mol. The number of hydrogen-bond acceptors (Lipinski definition) is 6. The van der Waals surface area contributed by atoms with Crippen LogP contribution in [0.2, 0.25) is 0 Å². The minimum Gasteiger partial charge on any atom is -0.452 e. The lowest BCUT2D eigenvalue weighted by molar-refractivity contribution is -0.119. The number of rotatable bonds is 7. The Labute approximate surface area is 178 Å². The molecule has 1 amide bonds. The molecule has 0 aliphatic heterocycles. The molecule has 0 aliphatic carbocycles. The van der Waals surface area contributed by atoms with Crippen molar-refractivity contribution in [1.82, 2.24) is 19.6 Å². The van der Waals surface area contributed by atoms with Gasteiger partial charge in [-0.05, 0) is 44.2 Å². The molecular formula is C22H21N5O4. The smallest absolute Gasteiger partial charge is 0.374 e. The number of hydrogen-bond donors (Lipinski definition) is 1. The van der Waals surface area contributed by atoms with Crippen molar-refractivity contribution in [3.63, 3.8) is 0 Å². The lowest BCUT2D eigenvalue weighted by Gasteiger charge is -2.07. The van der Waals surface area contributed by atoms with Crippen LogP contribution in [0.3, 0.4) is 0 Å². The zero-order chi connectivity index (χ0) is 21.8. The summed E-state index contributed by atoms with van der Waals surface area (Å²) in [5.41, 5.74) is 2.91. The zero-order valence-electron chi connectivity index (χ0n) is 17.1. The average molecular weight is 419 g/mol. The molecule has 0 unspecified atom stereocenters. The van der Waals surface area contributed by atoms with Gasteiger partial charge in [-0.3, -0.25) is 9.48 Å². The van der Waals surface area contributed by atoms with E-state index < -0.39 is 18.5 Å². The molecule has 4 aromatic rings. The van der Waals surface area contributed by atoms with Crippen LogP contribution in [0.1, 0.15) is 27.7 Å². The van der Waals surface area contributed by atoms with Gasteiger partial charge in [-0.15, -0.1) is 0 Å². The van der Waals surface area contributed by atoms with Crippen molar-refractivity contribution in [1.29, 1.82) is 0 Å². The Kier molecular flexibility index (Phi) is 5.65. The number of ether oxygens (including phenoxy) is 1. The number of carbonyl (C=O) groups excluding carboxylic acids is 2. The van der Waals surface area contributed by atoms with Crippen molar-refractivity contribution < 1.29 is 18.7 Å². The molecule has 158 valence electrons. The molecule has 0 atom stereocenters. The third kappa shape index (κ3) is 4.55. The highest BCUT2D eigenvalue weighted by atomic mass is 16.5. The van der Waals surface area contributed by atoms with Crippen molar-refractivity contribution in [3.8, 4) is 5.69 Å². The van der Waals surface area contributed by atoms with Crippen molar-refractivity contribution in [2.24, 2.45) is 0 Å². The summed E-state index contributed by atoms with van der Waals surface area (Å²) in [6, 6.07) is 14.6. The maximum Gasteiger partial charge on any atom is 0.374 e. The summed E-state index contributed by atoms with van der Waals surface area (Å²) >= 11 is 0. The Balaban J connectivity index is 1.35. The maximum atomic E-state index is 12.3. The fourth-order valence-electron chi connectivity index (χ4n) is 3.15. The first kappa shape index (κ1) is 20.1. The van der Waals surface area contributed by atoms with Gasteiger partial charge < -0.3 is 14.5 Å². The van der Waals surface area contributed by atoms with E-state index in [1.54, 1.807) is 40.8 Å². The summed E-state index contributed by atoms with van der Waals surface area (Å²) in [4.78, 5) is 24.6. The highest BCUT2D eigenvalue weighted by Gasteiger charge is 2.18. The predicted octanol–water partition coefficient (Wildman–Crippen LogP) is 3.12. The standard InChI is InChI=1S/C22H21N5O4/c1-15-21(16(2)27(25-15)17-7-4-3-5-8-17)24-20(28)14-30-22(29)19-10-9-18(31-19)13-26-12-6-11-23-26/h3-12H,13-14H2,1-2H3,(H,24,28). The number of nitrogens with one attached hydrogen (secondary N) is 1. The molecule has 0 radical (unpaired) electrons. The number of aryl methyl sites for hydroxylation is 1. The van der Waals surface area contributed by atoms with Gasteiger partial charge in [0.15, 0.2) is 6.61 Å². The Hall–Kier alpha value is -4.14. The van der Waals surface area contributed by atoms with Crippen LogP contribution in [-0.4, -0.2) is 38.0 Å². The van der Waals surface area contributed by atoms with Crippen LogP contribution in [-0.2, 0) is 16.1 Å². The molecule has 0 spiro atoms. The van der Waals surface area contributed by atoms with E-state index >= 15 is 0 Å². The number of furan rings is 1. The van der Waals surface area contributed by atoms with Gasteiger partial charge in [-0.1, -0.05) is 18.2 Å². The number of aromatic nitrogens is 4. The first-order valence-electron chi connectivity index (χ1n) is 9.66. The predicted molar refractivity (Wildman–Crippen MR) is 112 cm³/mol. The third-order valence-electron chi connectivity index (χ3n) is 4.63. The normalized spacial score (nSPS) is 10.8. The van der Waals surface area contributed by atoms with Gasteiger partial charge >= 0.3 is 5.97 Å². The molecule has 31 heavy (non-hydrogen) atoms. The second-order valence-corrected chi connectivity index (χ2v) is 6.89. The van der Waals surface area contributed by atoms with E-state index in [0.717, 1.165) is 11.4 Å². The van der Waals surface area contributed by atoms with Crippen molar-refractivity contribution in [2.75, 3.05) is 11.9 Å². The van der Waals surface area contributed by atoms with Gasteiger partial charge in [0.25, 0.3) is 5.91 Å². The summed E-state index contributed by atoms with van der Waals surface area (Å²) in [7, 11) is 0. The third-order valence-corrected chi connectivity index (χ3v) is 4.63. The largest absolute Gasteiger partial charge is 0.452 e. The van der Waals surface area contributed by atoms with Crippen LogP contribution >= 0.6 is 0 Å². The SMILES string of the molecule is Cc1nn(-c2ccccc2)c(C)c1NC(=O)COC(=O)c1ccc(Cn2cccn2)o1. The van der Waals surface area contributed by atoms with Gasteiger partial charge in [-0.25, -0.2) is 9.48 Å². The van der Waals surface area contributed by atoms with E-state index in [9.17, 15) is 9.59 Å². The Morgan fingerprint density at radius 3 is 2.65 bits per heavy atom. The van der Waals surface area contributed by atoms with Crippen molar-refractivity contribution >= 4 is 17.6 Å². The first-order valence-corrected chi connectivity index (χ1v) is 9.66. The number of esters is 1. The number of nitrogens with zero attached hydrogens (tertiary/aromatic N) is 4. The molecule has 0 bridgehead atoms. The molecule has 4 rings (SSSR count). The first-order chi connectivity index (χ1) is 15.0. The van der Waals surface area contributed by atoms with Gasteiger partial charge in [0.2, 0.25) is 5.76 Å². The molecule has 9 nitrogen and oxygen atoms in total. The van der Waals surface area contributed by atoms with E-state index in [0.29, 0.717) is 23.7 Å².